The van der Waals surface area contributed by atoms with Crippen LogP contribution in [0.25, 0.3) is 22.2 Å². The maximum atomic E-state index is 14.9. The number of aliphatic hydroxyl groups excluding tert-OH is 1. The molecule has 36 heavy (non-hydrogen) atoms. The van der Waals surface area contributed by atoms with Crippen molar-refractivity contribution in [2.24, 2.45) is 0 Å². The van der Waals surface area contributed by atoms with Crippen LogP contribution in [0.15, 0.2) is 53.6 Å². The number of aliphatic hydroxyl groups is 1. The third-order valence-electron chi connectivity index (χ3n) is 6.29. The molecule has 4 heterocycles. The first kappa shape index (κ1) is 23.4. The number of piperidine rings is 1. The Morgan fingerprint density at radius 3 is 2.72 bits per heavy atom. The van der Waals surface area contributed by atoms with Crippen molar-refractivity contribution in [2.75, 3.05) is 30.4 Å². The number of carbonyl (C=O) groups excluding carboxylic acids is 1. The fourth-order valence-electron chi connectivity index (χ4n) is 4.37. The Kier molecular flexibility index (Phi) is 6.34. The highest BCUT2D eigenvalue weighted by Crippen LogP contribution is 2.33. The van der Waals surface area contributed by atoms with Crippen LogP contribution in [0.5, 0.6) is 5.75 Å². The monoisotopic (exact) mass is 489 g/mol. The summed E-state index contributed by atoms with van der Waals surface area (Å²) in [5.74, 6) is 0.0627. The third-order valence-corrected chi connectivity index (χ3v) is 6.29. The molecule has 9 nitrogen and oxygen atoms in total. The summed E-state index contributed by atoms with van der Waals surface area (Å²) in [5.41, 5.74) is 1.81. The molecule has 3 N–H and O–H groups in total. The summed E-state index contributed by atoms with van der Waals surface area (Å²) in [4.78, 5) is 37.7. The first-order valence-electron chi connectivity index (χ1n) is 11.5. The van der Waals surface area contributed by atoms with E-state index in [1.165, 1.54) is 19.4 Å². The van der Waals surface area contributed by atoms with Crippen LogP contribution in [0.1, 0.15) is 23.2 Å². The number of H-pyrrole nitrogens is 1. The van der Waals surface area contributed by atoms with Gasteiger partial charge in [0.1, 0.15) is 17.4 Å². The number of carbonyl (C=O) groups is 1. The van der Waals surface area contributed by atoms with E-state index in [2.05, 4.69) is 25.2 Å². The van der Waals surface area contributed by atoms with Crippen LogP contribution in [0.4, 0.5) is 21.6 Å². The number of aromatic nitrogens is 3. The molecule has 0 unspecified atom stereocenters. The fourth-order valence-corrected chi connectivity index (χ4v) is 4.37. The number of nitrogens with one attached hydrogen (secondary N) is 2. The van der Waals surface area contributed by atoms with Crippen molar-refractivity contribution < 1.29 is 19.0 Å². The van der Waals surface area contributed by atoms with Gasteiger partial charge in [-0.05, 0) is 49.2 Å². The lowest BCUT2D eigenvalue weighted by Gasteiger charge is -2.31. The van der Waals surface area contributed by atoms with Crippen LogP contribution in [-0.4, -0.2) is 52.6 Å². The molecule has 0 aliphatic carbocycles. The Hall–Kier alpha value is -4.31. The molecule has 1 aliphatic rings. The first-order valence-corrected chi connectivity index (χ1v) is 11.5. The minimum atomic E-state index is -0.644. The van der Waals surface area contributed by atoms with Gasteiger partial charge in [-0.2, -0.15) is 0 Å². The highest BCUT2D eigenvalue weighted by atomic mass is 19.1. The van der Waals surface area contributed by atoms with Crippen molar-refractivity contribution in [2.45, 2.75) is 18.9 Å². The summed E-state index contributed by atoms with van der Waals surface area (Å²) in [6, 6.07) is 9.42. The van der Waals surface area contributed by atoms with Gasteiger partial charge in [-0.1, -0.05) is 0 Å². The quantitative estimate of drug-likeness (QED) is 0.351. The van der Waals surface area contributed by atoms with Gasteiger partial charge in [-0.3, -0.25) is 9.59 Å². The van der Waals surface area contributed by atoms with E-state index < -0.39 is 5.82 Å². The standard InChI is InChI=1S/C26H24FN5O4/c1-36-23-11-18(19(27)10-15(23)14-33)21-12-22(25-20(30-21)4-7-28-26(25)35)31-24-3-2-16(13-29-24)32-8-5-17(34)6-9-32/h2-4,7,10-14,17,34H,5-6,8-9H2,1H3,(H,28,35)(H,29,30,31). The number of pyridine rings is 3. The molecule has 1 fully saturated rings. The van der Waals surface area contributed by atoms with Crippen molar-refractivity contribution >= 4 is 34.4 Å². The maximum Gasteiger partial charge on any atom is 0.259 e. The van der Waals surface area contributed by atoms with Crippen LogP contribution >= 0.6 is 0 Å². The number of methoxy groups -OCH3 is 1. The minimum Gasteiger partial charge on any atom is -0.496 e. The average molecular weight is 490 g/mol. The number of rotatable bonds is 6. The molecule has 1 aliphatic heterocycles. The second-order valence-corrected chi connectivity index (χ2v) is 8.56. The zero-order valence-corrected chi connectivity index (χ0v) is 19.5. The fraction of sp³-hybridized carbons (Fsp3) is 0.231. The van der Waals surface area contributed by atoms with Gasteiger partial charge in [0, 0.05) is 24.8 Å². The van der Waals surface area contributed by atoms with Crippen molar-refractivity contribution in [1.82, 2.24) is 15.0 Å². The molecule has 0 radical (unpaired) electrons. The summed E-state index contributed by atoms with van der Waals surface area (Å²) in [6.07, 6.45) is 4.89. The topological polar surface area (TPSA) is 120 Å². The highest BCUT2D eigenvalue weighted by Gasteiger charge is 2.19. The summed E-state index contributed by atoms with van der Waals surface area (Å²) >= 11 is 0. The van der Waals surface area contributed by atoms with Crippen LogP contribution in [0.3, 0.4) is 0 Å². The molecule has 0 spiro atoms. The molecule has 4 aromatic rings. The van der Waals surface area contributed by atoms with E-state index in [-0.39, 0.29) is 34.2 Å². The van der Waals surface area contributed by atoms with Crippen molar-refractivity contribution in [3.05, 3.63) is 70.5 Å². The Morgan fingerprint density at radius 1 is 1.22 bits per heavy atom. The number of aldehydes is 1. The predicted octanol–water partition coefficient (Wildman–Crippen LogP) is 3.65. The molecule has 0 atom stereocenters. The van der Waals surface area contributed by atoms with Gasteiger partial charge < -0.3 is 25.0 Å². The highest BCUT2D eigenvalue weighted by molar-refractivity contribution is 5.94. The molecular weight excluding hydrogens is 465 g/mol. The van der Waals surface area contributed by atoms with Gasteiger partial charge in [-0.15, -0.1) is 0 Å². The molecule has 10 heteroatoms. The van der Waals surface area contributed by atoms with Crippen LogP contribution < -0.4 is 20.5 Å². The van der Waals surface area contributed by atoms with E-state index in [0.29, 0.717) is 41.5 Å². The number of hydrogen-bond acceptors (Lipinski definition) is 8. The van der Waals surface area contributed by atoms with Gasteiger partial charge in [0.15, 0.2) is 6.29 Å². The number of halogens is 1. The van der Waals surface area contributed by atoms with E-state index in [4.69, 9.17) is 4.74 Å². The van der Waals surface area contributed by atoms with E-state index >= 15 is 0 Å². The average Bonchev–Trinajstić information content (AvgIpc) is 2.89. The molecule has 5 rings (SSSR count). The number of fused-ring (bicyclic) bond motifs is 1. The van der Waals surface area contributed by atoms with Gasteiger partial charge in [0.05, 0.1) is 52.9 Å². The third kappa shape index (κ3) is 4.50. The van der Waals surface area contributed by atoms with Gasteiger partial charge >= 0.3 is 0 Å². The maximum absolute atomic E-state index is 14.9. The van der Waals surface area contributed by atoms with Gasteiger partial charge in [0.25, 0.3) is 5.56 Å². The number of benzene rings is 1. The number of anilines is 3. The van der Waals surface area contributed by atoms with Crippen molar-refractivity contribution in [3.8, 4) is 17.0 Å². The first-order chi connectivity index (χ1) is 17.5. The number of aromatic amines is 1. The number of nitrogens with zero attached hydrogens (tertiary/aromatic N) is 3. The Bertz CT molecular complexity index is 1480. The van der Waals surface area contributed by atoms with Gasteiger partial charge in [0.2, 0.25) is 0 Å². The summed E-state index contributed by atoms with van der Waals surface area (Å²) in [5, 5.41) is 13.2. The molecule has 3 aromatic heterocycles. The van der Waals surface area contributed by atoms with E-state index in [1.807, 2.05) is 6.07 Å². The minimum absolute atomic E-state index is 0.0850. The van der Waals surface area contributed by atoms with Crippen LogP contribution in [0.2, 0.25) is 0 Å². The normalized spacial score (nSPS) is 14.1. The van der Waals surface area contributed by atoms with Crippen molar-refractivity contribution in [1.29, 1.82) is 0 Å². The van der Waals surface area contributed by atoms with Gasteiger partial charge in [-0.25, -0.2) is 14.4 Å². The van der Waals surface area contributed by atoms with Crippen LogP contribution in [-0.2, 0) is 0 Å². The molecule has 184 valence electrons. The molecule has 0 saturated carbocycles. The Balaban J connectivity index is 1.54. The molecular formula is C26H24FN5O4. The molecule has 0 bridgehead atoms. The lowest BCUT2D eigenvalue weighted by molar-refractivity contribution is 0.112. The largest absolute Gasteiger partial charge is 0.496 e. The van der Waals surface area contributed by atoms with E-state index in [0.717, 1.165) is 24.8 Å². The molecule has 0 amide bonds. The zero-order valence-electron chi connectivity index (χ0n) is 19.5. The second kappa shape index (κ2) is 9.74. The number of hydrogen-bond donors (Lipinski definition) is 3. The predicted molar refractivity (Wildman–Crippen MR) is 135 cm³/mol. The molecule has 1 saturated heterocycles. The Morgan fingerprint density at radius 2 is 2.03 bits per heavy atom. The number of ether oxygens (including phenoxy) is 1. The van der Waals surface area contributed by atoms with Crippen LogP contribution in [0, 0.1) is 5.82 Å². The summed E-state index contributed by atoms with van der Waals surface area (Å²) < 4.78 is 20.2. The van der Waals surface area contributed by atoms with Crippen molar-refractivity contribution in [3.63, 3.8) is 0 Å². The van der Waals surface area contributed by atoms with E-state index in [1.54, 1.807) is 24.4 Å². The second-order valence-electron chi connectivity index (χ2n) is 8.56. The smallest absolute Gasteiger partial charge is 0.259 e. The zero-order chi connectivity index (χ0) is 25.2. The lowest BCUT2D eigenvalue weighted by Crippen LogP contribution is -2.35. The molecule has 1 aromatic carbocycles. The SMILES string of the molecule is COc1cc(-c2cc(Nc3ccc(N4CCC(O)CC4)cn3)c3c(=O)[nH]ccc3n2)c(F)cc1C=O. The summed E-state index contributed by atoms with van der Waals surface area (Å²) in [7, 11) is 1.39. The van der Waals surface area contributed by atoms with E-state index in [9.17, 15) is 19.1 Å². The summed E-state index contributed by atoms with van der Waals surface area (Å²) in [6.45, 7) is 1.50. The lowest BCUT2D eigenvalue weighted by atomic mass is 10.0. The Labute approximate surface area is 205 Å².